The zero-order valence-electron chi connectivity index (χ0n) is 3.66. The molecule has 0 fully saturated rings. The molecule has 0 aromatic carbocycles. The van der Waals surface area contributed by atoms with Gasteiger partial charge < -0.3 is 4.12 Å². The maximum absolute atomic E-state index is 5.43. The molecule has 38 valence electrons. The third-order valence-corrected chi connectivity index (χ3v) is 6.00. The third-order valence-electron chi connectivity index (χ3n) is 0.358. The van der Waals surface area contributed by atoms with Gasteiger partial charge in [-0.05, 0) is 6.55 Å². The second kappa shape index (κ2) is 2.32. The molecule has 0 N–H and O–H groups in total. The zero-order valence-corrected chi connectivity index (χ0v) is 8.18. The second-order valence-corrected chi connectivity index (χ2v) is 9.17. The molecule has 0 aromatic heterocycles. The monoisotopic (exact) mass is 160 g/mol. The smallest absolute Gasteiger partial charge is 0.375 e. The van der Waals surface area contributed by atoms with Gasteiger partial charge in [0.15, 0.2) is 0 Å². The van der Waals surface area contributed by atoms with Gasteiger partial charge in [0.05, 0.1) is 0 Å². The lowest BCUT2D eigenvalue weighted by Crippen LogP contribution is -2.16. The van der Waals surface area contributed by atoms with Crippen LogP contribution >= 0.6 is 22.2 Å². The number of hydrogen-bond donors (Lipinski definition) is 0. The minimum Gasteiger partial charge on any atom is -0.443 e. The summed E-state index contributed by atoms with van der Waals surface area (Å²) in [6, 6.07) is 0. The standard InChI is InChI=1S/CH6Cl2OSi2/c1-6(2,3)4-5/h1,5H3. The maximum atomic E-state index is 5.43. The lowest BCUT2D eigenvalue weighted by Gasteiger charge is -2.04. The Hall–Kier alpha value is 0.974. The predicted octanol–water partition coefficient (Wildman–Crippen LogP) is 0.330. The summed E-state index contributed by atoms with van der Waals surface area (Å²) in [6.45, 7) is -0.400. The largest absolute Gasteiger partial charge is 0.443 e. The summed E-state index contributed by atoms with van der Waals surface area (Å²) >= 11 is 10.9. The average molecular weight is 161 g/mol. The summed E-state index contributed by atoms with van der Waals surface area (Å²) in [5.74, 6) is 0. The zero-order chi connectivity index (χ0) is 5.21. The number of rotatable bonds is 1. The topological polar surface area (TPSA) is 9.23 Å². The molecule has 0 bridgehead atoms. The molecule has 0 amide bonds. The summed E-state index contributed by atoms with van der Waals surface area (Å²) < 4.78 is 4.75. The first-order valence-electron chi connectivity index (χ1n) is 1.49. The Morgan fingerprint density at radius 3 is 1.83 bits per heavy atom. The van der Waals surface area contributed by atoms with Crippen LogP contribution in [0.15, 0.2) is 0 Å². The molecular formula is CH6Cl2OSi2. The number of halogens is 2. The molecule has 0 heterocycles. The van der Waals surface area contributed by atoms with Crippen molar-refractivity contribution in [3.63, 3.8) is 0 Å². The van der Waals surface area contributed by atoms with Crippen LogP contribution in [0.4, 0.5) is 0 Å². The van der Waals surface area contributed by atoms with Gasteiger partial charge in [0, 0.05) is 0 Å². The highest BCUT2D eigenvalue weighted by atomic mass is 35.7. The molecule has 0 radical (unpaired) electrons. The Bertz CT molecular complexity index is 41.3. The fourth-order valence-electron chi connectivity index (χ4n) is 0. The fourth-order valence-corrected chi connectivity index (χ4v) is 0. The van der Waals surface area contributed by atoms with E-state index in [1.54, 1.807) is 6.55 Å². The van der Waals surface area contributed by atoms with Crippen molar-refractivity contribution in [3.05, 3.63) is 0 Å². The van der Waals surface area contributed by atoms with Crippen LogP contribution in [0, 0.1) is 0 Å². The highest BCUT2D eigenvalue weighted by Crippen LogP contribution is 2.12. The van der Waals surface area contributed by atoms with Gasteiger partial charge in [-0.15, -0.1) is 22.2 Å². The van der Waals surface area contributed by atoms with Crippen molar-refractivity contribution in [2.45, 2.75) is 6.55 Å². The molecule has 0 aliphatic carbocycles. The van der Waals surface area contributed by atoms with Gasteiger partial charge in [0.1, 0.15) is 10.5 Å². The van der Waals surface area contributed by atoms with Crippen LogP contribution < -0.4 is 0 Å². The van der Waals surface area contributed by atoms with E-state index in [2.05, 4.69) is 0 Å². The van der Waals surface area contributed by atoms with E-state index in [9.17, 15) is 0 Å². The Morgan fingerprint density at radius 1 is 1.67 bits per heavy atom. The first-order valence-corrected chi connectivity index (χ1v) is 6.74. The van der Waals surface area contributed by atoms with E-state index in [-0.39, 0.29) is 0 Å². The molecule has 0 saturated carbocycles. The third kappa shape index (κ3) is 4.97. The van der Waals surface area contributed by atoms with Gasteiger partial charge in [-0.1, -0.05) is 0 Å². The van der Waals surface area contributed by atoms with Crippen molar-refractivity contribution < 1.29 is 4.12 Å². The fraction of sp³-hybridized carbons (Fsp3) is 1.00. The van der Waals surface area contributed by atoms with Crippen LogP contribution in [-0.4, -0.2) is 17.4 Å². The van der Waals surface area contributed by atoms with Crippen LogP contribution in [0.5, 0.6) is 0 Å². The van der Waals surface area contributed by atoms with E-state index in [4.69, 9.17) is 26.3 Å². The van der Waals surface area contributed by atoms with E-state index in [1.807, 2.05) is 0 Å². The van der Waals surface area contributed by atoms with E-state index in [0.29, 0.717) is 10.5 Å². The predicted molar refractivity (Wildman–Crippen MR) is 34.3 cm³/mol. The average Bonchev–Trinajstić information content (AvgIpc) is 1.35. The van der Waals surface area contributed by atoms with Crippen LogP contribution in [-0.2, 0) is 4.12 Å². The Balaban J connectivity index is 3.17. The molecule has 5 heteroatoms. The van der Waals surface area contributed by atoms with Gasteiger partial charge in [-0.25, -0.2) is 0 Å². The first kappa shape index (κ1) is 6.97. The van der Waals surface area contributed by atoms with E-state index in [1.165, 1.54) is 0 Å². The lowest BCUT2D eigenvalue weighted by atomic mass is 11.9. The van der Waals surface area contributed by atoms with E-state index >= 15 is 0 Å². The summed E-state index contributed by atoms with van der Waals surface area (Å²) in [5.41, 5.74) is 0. The Kier molecular flexibility index (Phi) is 2.70. The van der Waals surface area contributed by atoms with Crippen LogP contribution in [0.25, 0.3) is 0 Å². The SMILES string of the molecule is C[Si](Cl)(Cl)O[SiH3]. The molecule has 0 aliphatic heterocycles. The second-order valence-electron chi connectivity index (χ2n) is 1.01. The molecule has 0 aromatic rings. The maximum Gasteiger partial charge on any atom is 0.375 e. The van der Waals surface area contributed by atoms with E-state index in [0.717, 1.165) is 0 Å². The van der Waals surface area contributed by atoms with Crippen LogP contribution in [0.1, 0.15) is 0 Å². The summed E-state index contributed by atoms with van der Waals surface area (Å²) in [6.07, 6.45) is 0. The molecule has 6 heavy (non-hydrogen) atoms. The van der Waals surface area contributed by atoms with Crippen molar-refractivity contribution in [2.24, 2.45) is 0 Å². The minimum absolute atomic E-state index is 0.646. The highest BCUT2D eigenvalue weighted by Gasteiger charge is 2.18. The summed E-state index contributed by atoms with van der Waals surface area (Å²) in [5, 5.41) is 0. The van der Waals surface area contributed by atoms with Gasteiger partial charge >= 0.3 is 6.94 Å². The van der Waals surface area contributed by atoms with Crippen molar-refractivity contribution in [1.82, 2.24) is 0 Å². The molecule has 0 aliphatic rings. The molecule has 0 saturated heterocycles. The molecule has 0 rings (SSSR count). The van der Waals surface area contributed by atoms with Crippen molar-refractivity contribution in [2.75, 3.05) is 0 Å². The minimum atomic E-state index is -2.12. The summed E-state index contributed by atoms with van der Waals surface area (Å²) in [7, 11) is 0.646. The molecule has 0 atom stereocenters. The van der Waals surface area contributed by atoms with E-state index < -0.39 is 6.94 Å². The summed E-state index contributed by atoms with van der Waals surface area (Å²) in [4.78, 5) is 0. The van der Waals surface area contributed by atoms with Gasteiger partial charge in [-0.3, -0.25) is 0 Å². The van der Waals surface area contributed by atoms with Crippen molar-refractivity contribution >= 4 is 39.6 Å². The van der Waals surface area contributed by atoms with Gasteiger partial charge in [-0.2, -0.15) is 0 Å². The van der Waals surface area contributed by atoms with Crippen LogP contribution in [0.2, 0.25) is 6.55 Å². The molecule has 0 unspecified atom stereocenters. The Morgan fingerprint density at radius 2 is 1.83 bits per heavy atom. The van der Waals surface area contributed by atoms with Crippen molar-refractivity contribution in [1.29, 1.82) is 0 Å². The molecular weight excluding hydrogens is 155 g/mol. The lowest BCUT2D eigenvalue weighted by molar-refractivity contribution is 0.653. The van der Waals surface area contributed by atoms with Gasteiger partial charge in [0.25, 0.3) is 0 Å². The Labute approximate surface area is 50.7 Å². The normalized spacial score (nSPS) is 12.5. The molecule has 0 spiro atoms. The first-order chi connectivity index (χ1) is 2.56. The quantitative estimate of drug-likeness (QED) is 0.398. The highest BCUT2D eigenvalue weighted by molar-refractivity contribution is 7.42. The van der Waals surface area contributed by atoms with Gasteiger partial charge in [0.2, 0.25) is 0 Å². The number of hydrogen-bond acceptors (Lipinski definition) is 1. The molecule has 1 nitrogen and oxygen atoms in total. The van der Waals surface area contributed by atoms with Crippen molar-refractivity contribution in [3.8, 4) is 0 Å². The van der Waals surface area contributed by atoms with Crippen LogP contribution in [0.3, 0.4) is 0 Å².